The van der Waals surface area contributed by atoms with E-state index in [4.69, 9.17) is 0 Å². The van der Waals surface area contributed by atoms with Crippen LogP contribution in [0.2, 0.25) is 0 Å². The van der Waals surface area contributed by atoms with Crippen LogP contribution in [-0.2, 0) is 6.54 Å². The van der Waals surface area contributed by atoms with Gasteiger partial charge in [-0.2, -0.15) is 0 Å². The Morgan fingerprint density at radius 1 is 1.38 bits per heavy atom. The van der Waals surface area contributed by atoms with E-state index < -0.39 is 0 Å². The van der Waals surface area contributed by atoms with E-state index in [1.165, 1.54) is 41.4 Å². The molecule has 0 atom stereocenters. The summed E-state index contributed by atoms with van der Waals surface area (Å²) in [6, 6.07) is 9.45. The van der Waals surface area contributed by atoms with E-state index in [1.807, 2.05) is 0 Å². The molecule has 0 amide bonds. The summed E-state index contributed by atoms with van der Waals surface area (Å²) in [6.45, 7) is 3.14. The molecule has 16 heavy (non-hydrogen) atoms. The van der Waals surface area contributed by atoms with Crippen molar-refractivity contribution >= 4 is 10.9 Å². The summed E-state index contributed by atoms with van der Waals surface area (Å²) in [5, 5.41) is 4.94. The van der Waals surface area contributed by atoms with Crippen LogP contribution in [0.1, 0.15) is 30.5 Å². The third-order valence-electron chi connectivity index (χ3n) is 3.62. The van der Waals surface area contributed by atoms with Gasteiger partial charge >= 0.3 is 0 Å². The van der Waals surface area contributed by atoms with Crippen LogP contribution in [-0.4, -0.2) is 11.0 Å². The molecular formula is C14H18N2. The second kappa shape index (κ2) is 3.95. The molecule has 2 heteroatoms. The Bertz CT molecular complexity index is 494. The summed E-state index contributed by atoms with van der Waals surface area (Å²) in [6.07, 6.45) is 4.09. The highest BCUT2D eigenvalue weighted by Crippen LogP contribution is 2.21. The summed E-state index contributed by atoms with van der Waals surface area (Å²) in [5.41, 5.74) is 3.91. The normalized spacial score (nSPS) is 16.6. The number of fused-ring (bicyclic) bond motifs is 1. The molecular weight excluding hydrogens is 196 g/mol. The Morgan fingerprint density at radius 3 is 2.94 bits per heavy atom. The van der Waals surface area contributed by atoms with Gasteiger partial charge in [-0.3, -0.25) is 0 Å². The largest absolute Gasteiger partial charge is 0.357 e. The highest BCUT2D eigenvalue weighted by Gasteiger charge is 2.16. The predicted octanol–water partition coefficient (Wildman–Crippen LogP) is 3.12. The molecule has 0 bridgehead atoms. The molecule has 0 spiro atoms. The first kappa shape index (κ1) is 9.91. The van der Waals surface area contributed by atoms with Crippen molar-refractivity contribution in [3.63, 3.8) is 0 Å². The first-order valence-corrected chi connectivity index (χ1v) is 6.13. The average Bonchev–Trinajstić information content (AvgIpc) is 2.60. The number of hydrogen-bond donors (Lipinski definition) is 2. The fourth-order valence-electron chi connectivity index (χ4n) is 2.33. The van der Waals surface area contributed by atoms with Crippen molar-refractivity contribution in [3.8, 4) is 0 Å². The summed E-state index contributed by atoms with van der Waals surface area (Å²) in [7, 11) is 0. The number of aryl methyl sites for hydroxylation is 1. The van der Waals surface area contributed by atoms with Gasteiger partial charge in [0, 0.05) is 29.2 Å². The van der Waals surface area contributed by atoms with E-state index >= 15 is 0 Å². The summed E-state index contributed by atoms with van der Waals surface area (Å²) in [4.78, 5) is 3.48. The summed E-state index contributed by atoms with van der Waals surface area (Å²) < 4.78 is 0. The lowest BCUT2D eigenvalue weighted by Gasteiger charge is -2.26. The molecule has 2 N–H and O–H groups in total. The van der Waals surface area contributed by atoms with E-state index in [1.54, 1.807) is 0 Å². The van der Waals surface area contributed by atoms with E-state index in [-0.39, 0.29) is 0 Å². The number of nitrogens with one attached hydrogen (secondary N) is 2. The first-order valence-electron chi connectivity index (χ1n) is 6.13. The molecule has 1 aromatic heterocycles. The molecule has 0 aliphatic heterocycles. The molecule has 2 nitrogen and oxygen atoms in total. The third kappa shape index (κ3) is 1.74. The molecule has 0 unspecified atom stereocenters. The molecule has 3 rings (SSSR count). The fourth-order valence-corrected chi connectivity index (χ4v) is 2.33. The molecule has 1 aliphatic rings. The lowest BCUT2D eigenvalue weighted by molar-refractivity contribution is 0.337. The Hall–Kier alpha value is -1.28. The van der Waals surface area contributed by atoms with Crippen LogP contribution in [0.4, 0.5) is 0 Å². The Balaban J connectivity index is 1.79. The minimum Gasteiger partial charge on any atom is -0.357 e. The Labute approximate surface area is 96.1 Å². The SMILES string of the molecule is Cc1cccc2[nH]c(CNC3CCC3)cc12. The third-order valence-corrected chi connectivity index (χ3v) is 3.62. The zero-order chi connectivity index (χ0) is 11.0. The number of rotatable bonds is 3. The molecule has 2 aromatic rings. The Morgan fingerprint density at radius 2 is 2.25 bits per heavy atom. The van der Waals surface area contributed by atoms with Crippen molar-refractivity contribution in [2.24, 2.45) is 0 Å². The number of aromatic nitrogens is 1. The van der Waals surface area contributed by atoms with Gasteiger partial charge in [-0.25, -0.2) is 0 Å². The first-order chi connectivity index (χ1) is 7.83. The zero-order valence-corrected chi connectivity index (χ0v) is 9.72. The van der Waals surface area contributed by atoms with Crippen molar-refractivity contribution in [2.75, 3.05) is 0 Å². The topological polar surface area (TPSA) is 27.8 Å². The van der Waals surface area contributed by atoms with Gasteiger partial charge in [0.1, 0.15) is 0 Å². The lowest BCUT2D eigenvalue weighted by atomic mass is 9.93. The molecule has 1 aromatic carbocycles. The van der Waals surface area contributed by atoms with Gasteiger partial charge in [0.15, 0.2) is 0 Å². The minimum absolute atomic E-state index is 0.757. The average molecular weight is 214 g/mol. The van der Waals surface area contributed by atoms with Crippen LogP contribution < -0.4 is 5.32 Å². The lowest BCUT2D eigenvalue weighted by Crippen LogP contribution is -2.34. The van der Waals surface area contributed by atoms with Gasteiger partial charge in [-0.1, -0.05) is 18.6 Å². The quantitative estimate of drug-likeness (QED) is 0.807. The molecule has 0 saturated heterocycles. The number of H-pyrrole nitrogens is 1. The van der Waals surface area contributed by atoms with Crippen molar-refractivity contribution in [1.29, 1.82) is 0 Å². The predicted molar refractivity (Wildman–Crippen MR) is 67.5 cm³/mol. The van der Waals surface area contributed by atoms with E-state index in [0.29, 0.717) is 0 Å². The van der Waals surface area contributed by atoms with Crippen LogP contribution in [0.5, 0.6) is 0 Å². The van der Waals surface area contributed by atoms with Crippen LogP contribution in [0.25, 0.3) is 10.9 Å². The van der Waals surface area contributed by atoms with Crippen LogP contribution in [0.15, 0.2) is 24.3 Å². The zero-order valence-electron chi connectivity index (χ0n) is 9.72. The van der Waals surface area contributed by atoms with Gasteiger partial charge in [0.2, 0.25) is 0 Å². The number of aromatic amines is 1. The van der Waals surface area contributed by atoms with Crippen LogP contribution in [0.3, 0.4) is 0 Å². The molecule has 1 saturated carbocycles. The standard InChI is InChI=1S/C14H18N2/c1-10-4-2-7-14-13(10)8-12(16-14)9-15-11-5-3-6-11/h2,4,7-8,11,15-16H,3,5-6,9H2,1H3. The maximum atomic E-state index is 3.58. The second-order valence-corrected chi connectivity index (χ2v) is 4.84. The summed E-state index contributed by atoms with van der Waals surface area (Å²) in [5.74, 6) is 0. The highest BCUT2D eigenvalue weighted by molar-refractivity contribution is 5.83. The van der Waals surface area contributed by atoms with Crippen molar-refractivity contribution in [3.05, 3.63) is 35.5 Å². The maximum absolute atomic E-state index is 3.58. The molecule has 1 fully saturated rings. The molecule has 1 aliphatic carbocycles. The van der Waals surface area contributed by atoms with Gasteiger partial charge < -0.3 is 10.3 Å². The second-order valence-electron chi connectivity index (χ2n) is 4.84. The summed E-state index contributed by atoms with van der Waals surface area (Å²) >= 11 is 0. The fraction of sp³-hybridized carbons (Fsp3) is 0.429. The molecule has 0 radical (unpaired) electrons. The van der Waals surface area contributed by atoms with Gasteiger partial charge in [-0.05, 0) is 37.5 Å². The number of hydrogen-bond acceptors (Lipinski definition) is 1. The van der Waals surface area contributed by atoms with E-state index in [0.717, 1.165) is 12.6 Å². The smallest absolute Gasteiger partial charge is 0.0459 e. The minimum atomic E-state index is 0.757. The van der Waals surface area contributed by atoms with Crippen molar-refractivity contribution in [2.45, 2.75) is 38.8 Å². The van der Waals surface area contributed by atoms with E-state index in [9.17, 15) is 0 Å². The van der Waals surface area contributed by atoms with Crippen LogP contribution >= 0.6 is 0 Å². The van der Waals surface area contributed by atoms with Gasteiger partial charge in [0.25, 0.3) is 0 Å². The monoisotopic (exact) mass is 214 g/mol. The Kier molecular flexibility index (Phi) is 2.44. The van der Waals surface area contributed by atoms with Gasteiger partial charge in [-0.15, -0.1) is 0 Å². The molecule has 84 valence electrons. The maximum Gasteiger partial charge on any atom is 0.0459 e. The number of benzene rings is 1. The van der Waals surface area contributed by atoms with E-state index in [2.05, 4.69) is 41.5 Å². The van der Waals surface area contributed by atoms with Crippen molar-refractivity contribution < 1.29 is 0 Å². The highest BCUT2D eigenvalue weighted by atomic mass is 14.9. The van der Waals surface area contributed by atoms with Crippen LogP contribution in [0, 0.1) is 6.92 Å². The van der Waals surface area contributed by atoms with Gasteiger partial charge in [0.05, 0.1) is 0 Å². The van der Waals surface area contributed by atoms with Crippen molar-refractivity contribution in [1.82, 2.24) is 10.3 Å². The molecule has 1 heterocycles.